The maximum Gasteiger partial charge on any atom is 0.158 e. The molecular formula is C25H31N5S. The van der Waals surface area contributed by atoms with Crippen LogP contribution in [0.1, 0.15) is 78.5 Å². The molecule has 6 rings (SSSR count). The van der Waals surface area contributed by atoms with Crippen LogP contribution in [0.3, 0.4) is 0 Å². The van der Waals surface area contributed by atoms with Gasteiger partial charge < -0.3 is 10.7 Å². The molecular weight excluding hydrogens is 402 g/mol. The number of rotatable bonds is 3. The average molecular weight is 434 g/mol. The van der Waals surface area contributed by atoms with Crippen molar-refractivity contribution in [2.24, 2.45) is 11.1 Å². The smallest absolute Gasteiger partial charge is 0.158 e. The van der Waals surface area contributed by atoms with Gasteiger partial charge in [0.15, 0.2) is 5.65 Å². The maximum absolute atomic E-state index is 6.09. The molecule has 0 radical (unpaired) electrons. The summed E-state index contributed by atoms with van der Waals surface area (Å²) in [4.78, 5) is 11.2. The van der Waals surface area contributed by atoms with Gasteiger partial charge >= 0.3 is 0 Å². The summed E-state index contributed by atoms with van der Waals surface area (Å²) >= 11 is 1.98. The van der Waals surface area contributed by atoms with Crippen molar-refractivity contribution in [3.8, 4) is 11.3 Å². The number of nitrogens with zero attached hydrogens (tertiary/aromatic N) is 3. The molecule has 0 amide bonds. The molecule has 4 heterocycles. The van der Waals surface area contributed by atoms with Crippen LogP contribution in [0.4, 0.5) is 0 Å². The summed E-state index contributed by atoms with van der Waals surface area (Å²) in [5, 5.41) is 5.87. The standard InChI is InChI=1S/C25H31N5S/c1-12(2)19-20-15(5)22(16-6-25(7-16)8-17(26)9-25)31-24(20)29-21(19)18-10-30-23(27-11-28-30)14(4)13(18)3/h10-12,16-17,29H,6-9,26H2,1-5H3. The van der Waals surface area contributed by atoms with Gasteiger partial charge in [0.2, 0.25) is 0 Å². The molecule has 5 nitrogen and oxygen atoms in total. The Bertz CT molecular complexity index is 1320. The third-order valence-corrected chi connectivity index (χ3v) is 9.42. The minimum absolute atomic E-state index is 0.438. The fraction of sp³-hybridized carbons (Fsp3) is 0.520. The highest BCUT2D eigenvalue weighted by molar-refractivity contribution is 7.19. The molecule has 0 saturated heterocycles. The zero-order valence-electron chi connectivity index (χ0n) is 19.0. The summed E-state index contributed by atoms with van der Waals surface area (Å²) in [6, 6.07) is 0.448. The van der Waals surface area contributed by atoms with Gasteiger partial charge in [-0.1, -0.05) is 13.8 Å². The summed E-state index contributed by atoms with van der Waals surface area (Å²) in [7, 11) is 0. The van der Waals surface area contributed by atoms with Crippen LogP contribution in [0.15, 0.2) is 12.5 Å². The van der Waals surface area contributed by atoms with Crippen LogP contribution in [0, 0.1) is 26.2 Å². The highest BCUT2D eigenvalue weighted by Gasteiger charge is 2.52. The average Bonchev–Trinajstić information content (AvgIpc) is 3.35. The third kappa shape index (κ3) is 2.64. The number of aromatic nitrogens is 4. The van der Waals surface area contributed by atoms with Gasteiger partial charge in [-0.3, -0.25) is 0 Å². The van der Waals surface area contributed by atoms with Gasteiger partial charge in [0.25, 0.3) is 0 Å². The lowest BCUT2D eigenvalue weighted by Gasteiger charge is -2.57. The van der Waals surface area contributed by atoms with Gasteiger partial charge in [0, 0.05) is 28.1 Å². The van der Waals surface area contributed by atoms with E-state index in [0.717, 1.165) is 11.6 Å². The van der Waals surface area contributed by atoms with E-state index in [1.54, 1.807) is 11.2 Å². The molecule has 0 unspecified atom stereocenters. The number of nitrogens with two attached hydrogens (primary N) is 1. The number of fused-ring (bicyclic) bond motifs is 2. The lowest BCUT2D eigenvalue weighted by molar-refractivity contribution is -0.00726. The quantitative estimate of drug-likeness (QED) is 0.418. The second-order valence-corrected chi connectivity index (χ2v) is 11.5. The third-order valence-electron chi connectivity index (χ3n) is 8.05. The molecule has 2 aliphatic rings. The van der Waals surface area contributed by atoms with Gasteiger partial charge in [0.05, 0.1) is 5.69 Å². The molecule has 0 bridgehead atoms. The number of aryl methyl sites for hydroxylation is 2. The SMILES string of the molecule is Cc1c(-c2[nH]c3sc(C4CC5(CC(N)C5)C4)c(C)c3c2C(C)C)cn2ncnc2c1C. The molecule has 6 heteroatoms. The Kier molecular flexibility index (Phi) is 4.04. The fourth-order valence-corrected chi connectivity index (χ4v) is 7.77. The van der Waals surface area contributed by atoms with Crippen LogP contribution < -0.4 is 5.73 Å². The Hall–Kier alpha value is -2.18. The monoisotopic (exact) mass is 433 g/mol. The number of aromatic amines is 1. The molecule has 162 valence electrons. The molecule has 2 saturated carbocycles. The molecule has 3 N–H and O–H groups in total. The van der Waals surface area contributed by atoms with Gasteiger partial charge in [0.1, 0.15) is 11.2 Å². The van der Waals surface area contributed by atoms with E-state index in [4.69, 9.17) is 5.73 Å². The van der Waals surface area contributed by atoms with Crippen molar-refractivity contribution in [3.05, 3.63) is 39.7 Å². The number of H-pyrrole nitrogens is 1. The first-order valence-electron chi connectivity index (χ1n) is 11.5. The van der Waals surface area contributed by atoms with Crippen molar-refractivity contribution in [3.63, 3.8) is 0 Å². The number of pyridine rings is 1. The number of hydrogen-bond acceptors (Lipinski definition) is 4. The Morgan fingerprint density at radius 1 is 1.13 bits per heavy atom. The van der Waals surface area contributed by atoms with Crippen LogP contribution in [0.25, 0.3) is 27.1 Å². The number of thiophene rings is 1. The van der Waals surface area contributed by atoms with Gasteiger partial charge in [-0.25, -0.2) is 9.50 Å². The fourth-order valence-electron chi connectivity index (χ4n) is 6.44. The first-order valence-corrected chi connectivity index (χ1v) is 12.3. The van der Waals surface area contributed by atoms with Crippen LogP contribution in [0.2, 0.25) is 0 Å². The van der Waals surface area contributed by atoms with Crippen molar-refractivity contribution in [1.82, 2.24) is 19.6 Å². The van der Waals surface area contributed by atoms with Gasteiger partial charge in [-0.15, -0.1) is 11.3 Å². The number of nitrogens with one attached hydrogen (secondary N) is 1. The number of hydrogen-bond donors (Lipinski definition) is 2. The van der Waals surface area contributed by atoms with Crippen LogP contribution in [-0.4, -0.2) is 25.6 Å². The first-order chi connectivity index (χ1) is 14.8. The van der Waals surface area contributed by atoms with Crippen molar-refractivity contribution in [2.75, 3.05) is 0 Å². The lowest BCUT2D eigenvalue weighted by Crippen LogP contribution is -2.52. The van der Waals surface area contributed by atoms with Gasteiger partial charge in [-0.05, 0) is 86.0 Å². The second kappa shape index (κ2) is 6.42. The molecule has 4 aromatic heterocycles. The minimum atomic E-state index is 0.438. The predicted octanol–water partition coefficient (Wildman–Crippen LogP) is 5.97. The highest BCUT2D eigenvalue weighted by Crippen LogP contribution is 2.63. The Labute approximate surface area is 187 Å². The zero-order valence-corrected chi connectivity index (χ0v) is 19.9. The van der Waals surface area contributed by atoms with Crippen LogP contribution in [0.5, 0.6) is 0 Å². The van der Waals surface area contributed by atoms with Gasteiger partial charge in [-0.2, -0.15) is 5.10 Å². The van der Waals surface area contributed by atoms with Crippen molar-refractivity contribution < 1.29 is 0 Å². The van der Waals surface area contributed by atoms with E-state index in [2.05, 4.69) is 55.9 Å². The van der Waals surface area contributed by atoms with Crippen molar-refractivity contribution in [1.29, 1.82) is 0 Å². The Balaban J connectivity index is 1.47. The summed E-state index contributed by atoms with van der Waals surface area (Å²) in [5.74, 6) is 1.16. The van der Waals surface area contributed by atoms with E-state index in [1.165, 1.54) is 69.4 Å². The molecule has 2 aliphatic carbocycles. The highest BCUT2D eigenvalue weighted by atomic mass is 32.1. The van der Waals surface area contributed by atoms with E-state index in [9.17, 15) is 0 Å². The Morgan fingerprint density at radius 2 is 1.87 bits per heavy atom. The summed E-state index contributed by atoms with van der Waals surface area (Å²) < 4.78 is 1.91. The first kappa shape index (κ1) is 19.5. The minimum Gasteiger partial charge on any atom is -0.346 e. The molecule has 1 spiro atoms. The normalized spacial score (nSPS) is 25.6. The summed E-state index contributed by atoms with van der Waals surface area (Å²) in [6.45, 7) is 11.3. The Morgan fingerprint density at radius 3 is 2.55 bits per heavy atom. The van der Waals surface area contributed by atoms with Crippen molar-refractivity contribution >= 4 is 27.2 Å². The van der Waals surface area contributed by atoms with Crippen LogP contribution in [-0.2, 0) is 0 Å². The van der Waals surface area contributed by atoms with Crippen molar-refractivity contribution in [2.45, 2.75) is 78.2 Å². The largest absolute Gasteiger partial charge is 0.346 e. The molecule has 0 atom stereocenters. The molecule has 31 heavy (non-hydrogen) atoms. The topological polar surface area (TPSA) is 72.0 Å². The van der Waals surface area contributed by atoms with E-state index in [-0.39, 0.29) is 0 Å². The molecule has 4 aromatic rings. The van der Waals surface area contributed by atoms with E-state index >= 15 is 0 Å². The molecule has 0 aliphatic heterocycles. The van der Waals surface area contributed by atoms with Crippen LogP contribution >= 0.6 is 11.3 Å². The molecule has 0 aromatic carbocycles. The zero-order chi connectivity index (χ0) is 21.7. The van der Waals surface area contributed by atoms with E-state index < -0.39 is 0 Å². The van der Waals surface area contributed by atoms with E-state index in [0.29, 0.717) is 17.4 Å². The molecule has 2 fully saturated rings. The van der Waals surface area contributed by atoms with E-state index in [1.807, 2.05) is 15.9 Å². The summed E-state index contributed by atoms with van der Waals surface area (Å²) in [6.07, 6.45) is 8.90. The predicted molar refractivity (Wildman–Crippen MR) is 128 cm³/mol. The second-order valence-electron chi connectivity index (χ2n) is 10.5. The summed E-state index contributed by atoms with van der Waals surface area (Å²) in [5.41, 5.74) is 15.5. The lowest BCUT2D eigenvalue weighted by atomic mass is 9.50. The maximum atomic E-state index is 6.09.